The van der Waals surface area contributed by atoms with E-state index in [-0.39, 0.29) is 28.9 Å². The Morgan fingerprint density at radius 1 is 0.879 bits per heavy atom. The van der Waals surface area contributed by atoms with Crippen molar-refractivity contribution in [1.82, 2.24) is 25.0 Å². The average molecular weight is 800 g/mol. The number of carboxylic acids is 3. The van der Waals surface area contributed by atoms with E-state index < -0.39 is 34.6 Å². The number of benzene rings is 4. The number of carboxylic acid groups (broad SMARTS) is 3. The number of carbonyl (C=O) groups is 3. The summed E-state index contributed by atoms with van der Waals surface area (Å²) in [5, 5.41) is 40.9. The van der Waals surface area contributed by atoms with Crippen LogP contribution in [0.1, 0.15) is 77.9 Å². The van der Waals surface area contributed by atoms with Gasteiger partial charge in [-0.1, -0.05) is 85.8 Å². The van der Waals surface area contributed by atoms with Crippen molar-refractivity contribution in [2.24, 2.45) is 5.41 Å². The van der Waals surface area contributed by atoms with Crippen LogP contribution in [0.2, 0.25) is 0 Å². The molecule has 58 heavy (non-hydrogen) atoms. The van der Waals surface area contributed by atoms with E-state index in [4.69, 9.17) is 15.3 Å². The number of nitrogens with one attached hydrogen (secondary N) is 2. The van der Waals surface area contributed by atoms with Crippen LogP contribution in [0, 0.1) is 5.41 Å². The monoisotopic (exact) mass is 799 g/mol. The summed E-state index contributed by atoms with van der Waals surface area (Å²) in [6.07, 6.45) is 9.44. The zero-order valence-corrected chi connectivity index (χ0v) is 32.9. The Kier molecular flexibility index (Phi) is 11.0. The maximum absolute atomic E-state index is 11.6. The molecule has 0 amide bonds. The molecule has 1 atom stereocenters. The first kappa shape index (κ1) is 39.6. The largest absolute Gasteiger partial charge is 0.481 e. The second-order valence-corrected chi connectivity index (χ2v) is 16.0. The van der Waals surface area contributed by atoms with E-state index in [0.29, 0.717) is 9.71 Å². The van der Waals surface area contributed by atoms with Gasteiger partial charge in [0.05, 0.1) is 28.4 Å². The summed E-state index contributed by atoms with van der Waals surface area (Å²) >= 11 is 1.13. The average Bonchev–Trinajstić information content (AvgIpc) is 3.81. The number of aromatic amines is 2. The Morgan fingerprint density at radius 3 is 2.31 bits per heavy atom. The zero-order chi connectivity index (χ0) is 41.3. The van der Waals surface area contributed by atoms with E-state index in [1.54, 1.807) is 5.56 Å². The van der Waals surface area contributed by atoms with Gasteiger partial charge in [-0.15, -0.1) is 16.4 Å². The molecule has 3 aromatic heterocycles. The molecule has 5 N–H and O–H groups in total. The molecule has 1 unspecified atom stereocenters. The van der Waals surface area contributed by atoms with Crippen LogP contribution in [-0.2, 0) is 29.0 Å². The number of aromatic nitrogens is 5. The maximum Gasteiger partial charge on any atom is 0.337 e. The third-order valence-electron chi connectivity index (χ3n) is 10.6. The Labute approximate surface area is 335 Å². The number of aromatic carboxylic acids is 1. The van der Waals surface area contributed by atoms with Crippen LogP contribution in [0.15, 0.2) is 100 Å². The fourth-order valence-corrected chi connectivity index (χ4v) is 8.88. The van der Waals surface area contributed by atoms with Gasteiger partial charge in [0.25, 0.3) is 5.56 Å². The second-order valence-electron chi connectivity index (χ2n) is 15.0. The molecule has 0 fully saturated rings. The van der Waals surface area contributed by atoms with E-state index in [1.807, 2.05) is 35.6 Å². The number of aliphatic carboxylic acids is 2. The van der Waals surface area contributed by atoms with Crippen molar-refractivity contribution in [1.29, 1.82) is 0 Å². The molecule has 7 aromatic rings. The van der Waals surface area contributed by atoms with Crippen LogP contribution in [0.3, 0.4) is 0 Å². The quantitative estimate of drug-likeness (QED) is 0.103. The highest BCUT2D eigenvalue weighted by atomic mass is 32.1. The van der Waals surface area contributed by atoms with Gasteiger partial charge >= 0.3 is 23.6 Å². The molecule has 3 heterocycles. The number of hydrogen-bond donors (Lipinski definition) is 5. The molecule has 9 rings (SSSR count). The molecule has 296 valence electrons. The van der Waals surface area contributed by atoms with Crippen LogP contribution in [0.4, 0.5) is 0 Å². The number of hydrogen-bond acceptors (Lipinski definition) is 8. The summed E-state index contributed by atoms with van der Waals surface area (Å²) in [7, 11) is 0. The van der Waals surface area contributed by atoms with E-state index in [9.17, 15) is 24.0 Å². The lowest BCUT2D eigenvalue weighted by Gasteiger charge is -2.23. The third-order valence-corrected chi connectivity index (χ3v) is 12.0. The third kappa shape index (κ3) is 7.70. The fourth-order valence-electron chi connectivity index (χ4n) is 7.69. The molecule has 0 saturated carbocycles. The van der Waals surface area contributed by atoms with Gasteiger partial charge in [0.1, 0.15) is 10.3 Å². The van der Waals surface area contributed by atoms with Gasteiger partial charge in [-0.2, -0.15) is 0 Å². The SMILES string of the molecule is CC(C)c1sc2[nH]c(=O)[nH]c(=O)c2c1C(=O)O.CC1(C(=O)O)C=CC=C(C(=O)O)C1.c1ccc2c(c1)nnn2Cc1cc2c3c(ccc2c2ccccc12)CCCC3. The molecule has 13 nitrogen and oxygen atoms in total. The van der Waals surface area contributed by atoms with Gasteiger partial charge in [0.2, 0.25) is 0 Å². The fraction of sp³-hybridized carbons (Fsp3) is 0.250. The van der Waals surface area contributed by atoms with Gasteiger partial charge in [-0.25, -0.2) is 19.1 Å². The summed E-state index contributed by atoms with van der Waals surface area (Å²) in [6, 6.07) is 24.1. The van der Waals surface area contributed by atoms with Gasteiger partial charge in [-0.05, 0) is 101 Å². The maximum atomic E-state index is 11.6. The summed E-state index contributed by atoms with van der Waals surface area (Å²) in [5.41, 5.74) is 4.18. The first-order valence-electron chi connectivity index (χ1n) is 18.9. The molecule has 0 aliphatic heterocycles. The molecule has 0 bridgehead atoms. The minimum absolute atomic E-state index is 0.0162. The van der Waals surface area contributed by atoms with Gasteiger partial charge in [-0.3, -0.25) is 19.6 Å². The van der Waals surface area contributed by atoms with Crippen LogP contribution in [0.5, 0.6) is 0 Å². The van der Waals surface area contributed by atoms with E-state index in [1.165, 1.54) is 83.5 Å². The molecule has 0 spiro atoms. The Hall–Kier alpha value is -6.67. The number of thiophene rings is 1. The van der Waals surface area contributed by atoms with Crippen LogP contribution in [0.25, 0.3) is 42.8 Å². The van der Waals surface area contributed by atoms with Crippen molar-refractivity contribution in [3.05, 3.63) is 139 Å². The lowest BCUT2D eigenvalue weighted by Crippen LogP contribution is -2.28. The molecular weight excluding hydrogens is 759 g/mol. The van der Waals surface area contributed by atoms with Crippen molar-refractivity contribution in [3.63, 3.8) is 0 Å². The van der Waals surface area contributed by atoms with Crippen LogP contribution in [-0.4, -0.2) is 58.2 Å². The summed E-state index contributed by atoms with van der Waals surface area (Å²) in [5.74, 6) is -3.24. The highest BCUT2D eigenvalue weighted by Crippen LogP contribution is 2.36. The summed E-state index contributed by atoms with van der Waals surface area (Å²) in [6.45, 7) is 5.91. The second kappa shape index (κ2) is 16.1. The van der Waals surface area contributed by atoms with Gasteiger partial charge in [0.15, 0.2) is 0 Å². The lowest BCUT2D eigenvalue weighted by atomic mass is 9.80. The van der Waals surface area contributed by atoms with Gasteiger partial charge < -0.3 is 15.3 Å². The molecule has 0 saturated heterocycles. The normalized spacial score (nSPS) is 16.0. The smallest absolute Gasteiger partial charge is 0.337 e. The van der Waals surface area contributed by atoms with Crippen LogP contribution >= 0.6 is 11.3 Å². The van der Waals surface area contributed by atoms with Crippen molar-refractivity contribution >= 4 is 72.0 Å². The number of allylic oxidation sites excluding steroid dienone is 2. The zero-order valence-electron chi connectivity index (χ0n) is 32.0. The van der Waals surface area contributed by atoms with Crippen molar-refractivity contribution < 1.29 is 29.7 Å². The molecule has 2 aliphatic rings. The highest BCUT2D eigenvalue weighted by Gasteiger charge is 2.34. The van der Waals surface area contributed by atoms with E-state index in [2.05, 4.69) is 69.9 Å². The number of para-hydroxylation sites is 1. The first-order valence-corrected chi connectivity index (χ1v) is 19.7. The molecule has 2 aliphatic carbocycles. The highest BCUT2D eigenvalue weighted by molar-refractivity contribution is 7.19. The molecule has 4 aromatic carbocycles. The molecular formula is C44H41N5O8S. The number of H-pyrrole nitrogens is 2. The van der Waals surface area contributed by atoms with Crippen molar-refractivity contribution in [3.8, 4) is 0 Å². The lowest BCUT2D eigenvalue weighted by molar-refractivity contribution is -0.145. The van der Waals surface area contributed by atoms with Gasteiger partial charge in [0, 0.05) is 10.5 Å². The van der Waals surface area contributed by atoms with Crippen LogP contribution < -0.4 is 11.2 Å². The molecule has 14 heteroatoms. The summed E-state index contributed by atoms with van der Waals surface area (Å²) < 4.78 is 2.03. The predicted molar refractivity (Wildman–Crippen MR) is 224 cm³/mol. The number of rotatable bonds is 6. The number of fused-ring (bicyclic) bond motifs is 7. The molecule has 0 radical (unpaired) electrons. The number of nitrogens with zero attached hydrogens (tertiary/aromatic N) is 3. The minimum Gasteiger partial charge on any atom is -0.481 e. The first-order chi connectivity index (χ1) is 27.8. The Bertz CT molecular complexity index is 2950. The van der Waals surface area contributed by atoms with E-state index >= 15 is 0 Å². The Morgan fingerprint density at radius 2 is 1.59 bits per heavy atom. The Balaban J connectivity index is 0.000000146. The standard InChI is InChI=1S/C25H21N3.C10H10N2O4S.C9H10O4/c1-2-8-19-17(7-1)13-14-22-21-10-4-3-9-20(21)18(15-23(19)22)16-28-25-12-6-5-11-24(25)26-27-28;1-3(2)6-4(9(14)15)5-7(13)11-10(16)12-8(5)17-6;1-9(8(12)13)4-2-3-6(5-9)7(10)11/h3-6,9-15H,1-2,7-8,16H2;3H,1-2H3,(H,14,15)(H2,11,12,13,16);2-4H,5H2,1H3,(H,10,11)(H,12,13). The summed E-state index contributed by atoms with van der Waals surface area (Å²) in [4.78, 5) is 60.7. The number of aryl methyl sites for hydroxylation is 2. The topological polar surface area (TPSA) is 208 Å². The van der Waals surface area contributed by atoms with E-state index in [0.717, 1.165) is 28.9 Å². The predicted octanol–water partition coefficient (Wildman–Crippen LogP) is 7.81. The van der Waals surface area contributed by atoms with Crippen molar-refractivity contribution in [2.75, 3.05) is 0 Å². The van der Waals surface area contributed by atoms with Crippen molar-refractivity contribution in [2.45, 2.75) is 65.3 Å². The minimum atomic E-state index is -1.16.